The van der Waals surface area contributed by atoms with Crippen LogP contribution in [-0.2, 0) is 16.1 Å². The fraction of sp³-hybridized carbons (Fsp3) is 0.533. The molecular weight excluding hydrogens is 510 g/mol. The van der Waals surface area contributed by atoms with Crippen LogP contribution >= 0.6 is 12.2 Å². The number of piperidine rings is 2. The lowest BCUT2D eigenvalue weighted by Gasteiger charge is -2.40. The number of fused-ring (bicyclic) bond motifs is 1. The number of nitrogens with zero attached hydrogens (tertiary/aromatic N) is 5. The summed E-state index contributed by atoms with van der Waals surface area (Å²) in [6.45, 7) is 7.39. The van der Waals surface area contributed by atoms with Crippen LogP contribution in [0.3, 0.4) is 0 Å². The van der Waals surface area contributed by atoms with Crippen molar-refractivity contribution in [1.29, 1.82) is 0 Å². The average Bonchev–Trinajstić information content (AvgIpc) is 3.00. The molecule has 6 rings (SSSR count). The lowest BCUT2D eigenvalue weighted by molar-refractivity contribution is -0.129. The zero-order valence-electron chi connectivity index (χ0n) is 22.5. The molecule has 0 radical (unpaired) electrons. The Balaban J connectivity index is 1.07. The molecule has 3 saturated heterocycles. The maximum Gasteiger partial charge on any atom is 0.253 e. The summed E-state index contributed by atoms with van der Waals surface area (Å²) in [5, 5.41) is 0.288. The first kappa shape index (κ1) is 26.3. The summed E-state index contributed by atoms with van der Waals surface area (Å²) in [5.74, 6) is -0.405. The van der Waals surface area contributed by atoms with E-state index in [1.807, 2.05) is 47.4 Å². The molecule has 0 spiro atoms. The van der Waals surface area contributed by atoms with Crippen LogP contribution in [-0.4, -0.2) is 101 Å². The van der Waals surface area contributed by atoms with E-state index < -0.39 is 5.92 Å². The Bertz CT molecular complexity index is 1190. The maximum atomic E-state index is 13.5. The Labute approximate surface area is 236 Å². The molecule has 0 N–H and O–H groups in total. The zero-order chi connectivity index (χ0) is 26.8. The SMILES string of the molecule is O=C(c1ccc(CN2C(=O)C3C=C(N4CCOCC4)C=CC3=NC2=S)cc1)N1CCC(N2CCCCC2)CC1. The molecule has 1 aliphatic carbocycles. The van der Waals surface area contributed by atoms with Crippen LogP contribution in [0.25, 0.3) is 0 Å². The highest BCUT2D eigenvalue weighted by Gasteiger charge is 2.35. The van der Waals surface area contributed by atoms with Gasteiger partial charge in [-0.05, 0) is 86.9 Å². The lowest BCUT2D eigenvalue weighted by Crippen LogP contribution is -2.48. The van der Waals surface area contributed by atoms with Gasteiger partial charge in [-0.2, -0.15) is 0 Å². The second kappa shape index (κ2) is 11.7. The Hall–Kier alpha value is -2.88. The first-order chi connectivity index (χ1) is 19.1. The summed E-state index contributed by atoms with van der Waals surface area (Å²) in [5.41, 5.74) is 3.35. The van der Waals surface area contributed by atoms with Crippen LogP contribution in [0, 0.1) is 5.92 Å². The number of thiocarbonyl (C=S) groups is 1. The minimum absolute atomic E-state index is 0.0585. The van der Waals surface area contributed by atoms with Crippen LogP contribution in [0.2, 0.25) is 0 Å². The quantitative estimate of drug-likeness (QED) is 0.528. The lowest BCUT2D eigenvalue weighted by atomic mass is 9.93. The predicted octanol–water partition coefficient (Wildman–Crippen LogP) is 3.25. The van der Waals surface area contributed by atoms with E-state index in [9.17, 15) is 9.59 Å². The van der Waals surface area contributed by atoms with E-state index in [-0.39, 0.29) is 16.9 Å². The van der Waals surface area contributed by atoms with Crippen LogP contribution in [0.5, 0.6) is 0 Å². The number of rotatable bonds is 5. The number of benzene rings is 1. The van der Waals surface area contributed by atoms with Crippen molar-refractivity contribution in [2.24, 2.45) is 10.9 Å². The predicted molar refractivity (Wildman–Crippen MR) is 154 cm³/mol. The molecule has 4 aliphatic heterocycles. The van der Waals surface area contributed by atoms with Gasteiger partial charge >= 0.3 is 0 Å². The standard InChI is InChI=1S/C30H37N5O3S/c36-28(34-14-10-24(11-15-34)32-12-2-1-3-13-32)23-6-4-22(5-7-23)21-35-29(37)26-20-25(33-16-18-38-19-17-33)8-9-27(26)31-30(35)39/h4-9,20,24,26H,1-3,10-19,21H2. The minimum Gasteiger partial charge on any atom is -0.378 e. The van der Waals surface area contributed by atoms with Gasteiger partial charge in [-0.25, -0.2) is 4.99 Å². The fourth-order valence-corrected chi connectivity index (χ4v) is 6.60. The number of allylic oxidation sites excluding steroid dienone is 2. The van der Waals surface area contributed by atoms with Gasteiger partial charge in [0.05, 0.1) is 25.5 Å². The van der Waals surface area contributed by atoms with Crippen molar-refractivity contribution < 1.29 is 14.3 Å². The molecule has 9 heteroatoms. The molecule has 0 saturated carbocycles. The van der Waals surface area contributed by atoms with Crippen molar-refractivity contribution in [1.82, 2.24) is 19.6 Å². The van der Waals surface area contributed by atoms with E-state index >= 15 is 0 Å². The van der Waals surface area contributed by atoms with Crippen molar-refractivity contribution in [3.63, 3.8) is 0 Å². The third-order valence-corrected chi connectivity index (χ3v) is 8.96. The van der Waals surface area contributed by atoms with Gasteiger partial charge in [-0.3, -0.25) is 14.5 Å². The van der Waals surface area contributed by atoms with Gasteiger partial charge < -0.3 is 19.4 Å². The highest BCUT2D eigenvalue weighted by atomic mass is 32.1. The maximum absolute atomic E-state index is 13.5. The normalized spacial score (nSPS) is 24.9. The summed E-state index contributed by atoms with van der Waals surface area (Å²) in [6, 6.07) is 8.23. The van der Waals surface area contributed by atoms with Crippen LogP contribution in [0.15, 0.2) is 53.2 Å². The topological polar surface area (TPSA) is 68.7 Å². The van der Waals surface area contributed by atoms with E-state index in [0.717, 1.165) is 50.3 Å². The third-order valence-electron chi connectivity index (χ3n) is 8.65. The number of ether oxygens (including phenoxy) is 1. The molecule has 2 amide bonds. The molecule has 1 atom stereocenters. The van der Waals surface area contributed by atoms with Crippen molar-refractivity contribution in [2.75, 3.05) is 52.5 Å². The largest absolute Gasteiger partial charge is 0.378 e. The summed E-state index contributed by atoms with van der Waals surface area (Å²) >= 11 is 5.51. The summed E-state index contributed by atoms with van der Waals surface area (Å²) in [7, 11) is 0. The van der Waals surface area contributed by atoms with Crippen LogP contribution in [0.1, 0.15) is 48.0 Å². The number of carbonyl (C=O) groups is 2. The molecule has 3 fully saturated rings. The smallest absolute Gasteiger partial charge is 0.253 e. The van der Waals surface area contributed by atoms with Gasteiger partial charge in [0, 0.05) is 43.5 Å². The summed E-state index contributed by atoms with van der Waals surface area (Å²) in [4.78, 5) is 39.7. The number of hydrogen-bond donors (Lipinski definition) is 0. The van der Waals surface area contributed by atoms with Crippen molar-refractivity contribution in [3.05, 3.63) is 59.3 Å². The number of likely N-dealkylation sites (tertiary alicyclic amines) is 2. The first-order valence-electron chi connectivity index (χ1n) is 14.4. The van der Waals surface area contributed by atoms with Gasteiger partial charge in [0.2, 0.25) is 11.0 Å². The highest BCUT2D eigenvalue weighted by Crippen LogP contribution is 2.26. The van der Waals surface area contributed by atoms with Gasteiger partial charge in [-0.15, -0.1) is 0 Å². The van der Waals surface area contributed by atoms with Gasteiger partial charge in [-0.1, -0.05) is 18.6 Å². The second-order valence-electron chi connectivity index (χ2n) is 11.1. The fourth-order valence-electron chi connectivity index (χ4n) is 6.34. The first-order valence-corrected chi connectivity index (χ1v) is 14.8. The average molecular weight is 548 g/mol. The minimum atomic E-state index is -0.437. The number of carbonyl (C=O) groups excluding carboxylic acids is 2. The molecule has 39 heavy (non-hydrogen) atoms. The van der Waals surface area contributed by atoms with E-state index in [0.29, 0.717) is 37.1 Å². The highest BCUT2D eigenvalue weighted by molar-refractivity contribution is 7.80. The van der Waals surface area contributed by atoms with Crippen molar-refractivity contribution in [2.45, 2.75) is 44.7 Å². The van der Waals surface area contributed by atoms with Gasteiger partial charge in [0.1, 0.15) is 5.92 Å². The van der Waals surface area contributed by atoms with Crippen LogP contribution < -0.4 is 0 Å². The van der Waals surface area contributed by atoms with E-state index in [4.69, 9.17) is 17.0 Å². The van der Waals surface area contributed by atoms with Crippen molar-refractivity contribution >= 4 is 34.9 Å². The molecule has 4 heterocycles. The Kier molecular flexibility index (Phi) is 7.90. The number of amides is 2. The molecule has 5 aliphatic rings. The molecule has 8 nitrogen and oxygen atoms in total. The Morgan fingerprint density at radius 2 is 1.67 bits per heavy atom. The third kappa shape index (κ3) is 5.71. The molecule has 1 aromatic rings. The van der Waals surface area contributed by atoms with Gasteiger partial charge in [0.25, 0.3) is 5.91 Å². The van der Waals surface area contributed by atoms with Gasteiger partial charge in [0.15, 0.2) is 0 Å². The van der Waals surface area contributed by atoms with E-state index in [1.165, 1.54) is 32.4 Å². The zero-order valence-corrected chi connectivity index (χ0v) is 23.3. The molecular formula is C30H37N5O3S. The number of morpholine rings is 1. The Morgan fingerprint density at radius 1 is 0.949 bits per heavy atom. The molecule has 206 valence electrons. The van der Waals surface area contributed by atoms with E-state index in [2.05, 4.69) is 14.8 Å². The molecule has 1 unspecified atom stereocenters. The van der Waals surface area contributed by atoms with Crippen molar-refractivity contribution in [3.8, 4) is 0 Å². The number of hydrogen-bond acceptors (Lipinski definition) is 6. The summed E-state index contributed by atoms with van der Waals surface area (Å²) < 4.78 is 5.47. The molecule has 0 aromatic heterocycles. The number of aliphatic imine (C=N–C) groups is 1. The molecule has 1 aromatic carbocycles. The Morgan fingerprint density at radius 3 is 2.38 bits per heavy atom. The second-order valence-corrected chi connectivity index (χ2v) is 11.4. The van der Waals surface area contributed by atoms with Crippen LogP contribution in [0.4, 0.5) is 0 Å². The monoisotopic (exact) mass is 547 g/mol. The molecule has 0 bridgehead atoms. The summed E-state index contributed by atoms with van der Waals surface area (Å²) in [6.07, 6.45) is 12.0. The van der Waals surface area contributed by atoms with E-state index in [1.54, 1.807) is 4.90 Å².